The third-order valence-corrected chi connectivity index (χ3v) is 2.97. The van der Waals surface area contributed by atoms with Gasteiger partial charge in [0.15, 0.2) is 5.82 Å². The largest absolute Gasteiger partial charge is 0.478 e. The highest BCUT2D eigenvalue weighted by Crippen LogP contribution is 2.38. The Hall–Kier alpha value is -1.71. The Kier molecular flexibility index (Phi) is 1.89. The molecule has 0 radical (unpaired) electrons. The number of hydrogen-bond acceptors (Lipinski definition) is 3. The zero-order valence-electron chi connectivity index (χ0n) is 8.90. The second-order valence-corrected chi connectivity index (χ2v) is 4.22. The molecule has 0 unspecified atom stereocenters. The lowest BCUT2D eigenvalue weighted by Crippen LogP contribution is -2.23. The molecule has 0 saturated carbocycles. The van der Waals surface area contributed by atoms with Crippen molar-refractivity contribution in [3.63, 3.8) is 0 Å². The molecule has 0 amide bonds. The molecule has 0 aliphatic carbocycles. The Morgan fingerprint density at radius 1 is 1.47 bits per heavy atom. The SMILES string of the molecule is CC1=Nc2ncc(C(=O)O)cc2C1(C)C. The van der Waals surface area contributed by atoms with E-state index in [9.17, 15) is 4.79 Å². The zero-order valence-corrected chi connectivity index (χ0v) is 8.90. The zero-order chi connectivity index (χ0) is 11.2. The summed E-state index contributed by atoms with van der Waals surface area (Å²) in [5.41, 5.74) is 1.85. The van der Waals surface area contributed by atoms with Crippen LogP contribution in [0.2, 0.25) is 0 Å². The highest BCUT2D eigenvalue weighted by atomic mass is 16.4. The first kappa shape index (κ1) is 9.83. The van der Waals surface area contributed by atoms with E-state index in [0.29, 0.717) is 5.82 Å². The molecule has 4 heteroatoms. The van der Waals surface area contributed by atoms with E-state index in [0.717, 1.165) is 11.3 Å². The summed E-state index contributed by atoms with van der Waals surface area (Å²) in [4.78, 5) is 19.2. The van der Waals surface area contributed by atoms with Gasteiger partial charge in [-0.15, -0.1) is 0 Å². The second kappa shape index (κ2) is 2.89. The molecule has 0 aromatic carbocycles. The molecular formula is C11H12N2O2. The third-order valence-electron chi connectivity index (χ3n) is 2.97. The van der Waals surface area contributed by atoms with Gasteiger partial charge in [-0.05, 0) is 13.0 Å². The minimum absolute atomic E-state index is 0.214. The number of fused-ring (bicyclic) bond motifs is 1. The van der Waals surface area contributed by atoms with E-state index >= 15 is 0 Å². The molecule has 4 nitrogen and oxygen atoms in total. The molecule has 2 rings (SSSR count). The first-order chi connectivity index (χ1) is 6.93. The molecule has 0 spiro atoms. The minimum atomic E-state index is -0.953. The number of aliphatic imine (C=N–C) groups is 1. The number of nitrogens with zero attached hydrogens (tertiary/aromatic N) is 2. The van der Waals surface area contributed by atoms with E-state index in [1.165, 1.54) is 6.20 Å². The molecule has 1 aromatic heterocycles. The summed E-state index contributed by atoms with van der Waals surface area (Å²) < 4.78 is 0. The standard InChI is InChI=1S/C11H12N2O2/c1-6-11(2,3)8-4-7(10(14)15)5-12-9(8)13-6/h4-5H,1-3H3,(H,14,15). The number of aromatic carboxylic acids is 1. The van der Waals surface area contributed by atoms with Gasteiger partial charge in [0, 0.05) is 22.9 Å². The van der Waals surface area contributed by atoms with Crippen LogP contribution >= 0.6 is 0 Å². The molecule has 0 saturated heterocycles. The van der Waals surface area contributed by atoms with Gasteiger partial charge in [-0.3, -0.25) is 0 Å². The Labute approximate surface area is 87.7 Å². The molecule has 1 aromatic rings. The van der Waals surface area contributed by atoms with Crippen LogP contribution in [0, 0.1) is 0 Å². The van der Waals surface area contributed by atoms with Crippen molar-refractivity contribution < 1.29 is 9.90 Å². The maximum Gasteiger partial charge on any atom is 0.337 e. The van der Waals surface area contributed by atoms with Gasteiger partial charge in [0.1, 0.15) is 0 Å². The lowest BCUT2D eigenvalue weighted by molar-refractivity contribution is 0.0696. The summed E-state index contributed by atoms with van der Waals surface area (Å²) in [7, 11) is 0. The van der Waals surface area contributed by atoms with Gasteiger partial charge in [0.25, 0.3) is 0 Å². The topological polar surface area (TPSA) is 62.5 Å². The third kappa shape index (κ3) is 1.33. The Morgan fingerprint density at radius 2 is 2.13 bits per heavy atom. The van der Waals surface area contributed by atoms with Crippen molar-refractivity contribution in [3.8, 4) is 0 Å². The minimum Gasteiger partial charge on any atom is -0.478 e. The average molecular weight is 204 g/mol. The van der Waals surface area contributed by atoms with E-state index in [-0.39, 0.29) is 11.0 Å². The molecule has 0 fully saturated rings. The van der Waals surface area contributed by atoms with Crippen molar-refractivity contribution in [2.75, 3.05) is 0 Å². The Morgan fingerprint density at radius 3 is 2.73 bits per heavy atom. The van der Waals surface area contributed by atoms with Gasteiger partial charge >= 0.3 is 5.97 Å². The van der Waals surface area contributed by atoms with Crippen molar-refractivity contribution in [1.29, 1.82) is 0 Å². The van der Waals surface area contributed by atoms with E-state index in [1.807, 2.05) is 20.8 Å². The first-order valence-corrected chi connectivity index (χ1v) is 4.72. The van der Waals surface area contributed by atoms with Crippen LogP contribution in [0.5, 0.6) is 0 Å². The van der Waals surface area contributed by atoms with Gasteiger partial charge in [0.05, 0.1) is 5.56 Å². The molecule has 0 bridgehead atoms. The molecule has 15 heavy (non-hydrogen) atoms. The van der Waals surface area contributed by atoms with Crippen molar-refractivity contribution in [2.45, 2.75) is 26.2 Å². The van der Waals surface area contributed by atoms with Crippen LogP contribution in [0.3, 0.4) is 0 Å². The molecular weight excluding hydrogens is 192 g/mol. The number of carbonyl (C=O) groups is 1. The highest BCUT2D eigenvalue weighted by Gasteiger charge is 2.33. The summed E-state index contributed by atoms with van der Waals surface area (Å²) in [5, 5.41) is 8.87. The molecule has 78 valence electrons. The van der Waals surface area contributed by atoms with Crippen LogP contribution in [0.1, 0.15) is 36.7 Å². The fourth-order valence-electron chi connectivity index (χ4n) is 1.62. The van der Waals surface area contributed by atoms with Crippen molar-refractivity contribution in [3.05, 3.63) is 23.4 Å². The van der Waals surface area contributed by atoms with E-state index < -0.39 is 5.97 Å². The summed E-state index contributed by atoms with van der Waals surface area (Å²) in [6.45, 7) is 5.97. The van der Waals surface area contributed by atoms with Gasteiger partial charge in [-0.2, -0.15) is 0 Å². The maximum absolute atomic E-state index is 10.8. The number of carboxylic acids is 1. The fraction of sp³-hybridized carbons (Fsp3) is 0.364. The Bertz CT molecular complexity index is 475. The molecule has 2 heterocycles. The molecule has 1 aliphatic heterocycles. The molecule has 0 atom stereocenters. The summed E-state index contributed by atoms with van der Waals surface area (Å²) >= 11 is 0. The van der Waals surface area contributed by atoms with Crippen molar-refractivity contribution >= 4 is 17.5 Å². The normalized spacial score (nSPS) is 17.1. The van der Waals surface area contributed by atoms with Gasteiger partial charge in [0.2, 0.25) is 0 Å². The number of rotatable bonds is 1. The average Bonchev–Trinajstić information content (AvgIpc) is 2.38. The molecule has 1 N–H and O–H groups in total. The van der Waals surface area contributed by atoms with Gasteiger partial charge < -0.3 is 5.11 Å². The predicted molar refractivity (Wildman–Crippen MR) is 57.0 cm³/mol. The van der Waals surface area contributed by atoms with Crippen LogP contribution in [0.15, 0.2) is 17.3 Å². The van der Waals surface area contributed by atoms with E-state index in [1.54, 1.807) is 6.07 Å². The first-order valence-electron chi connectivity index (χ1n) is 4.72. The van der Waals surface area contributed by atoms with Crippen molar-refractivity contribution in [1.82, 2.24) is 4.98 Å². The lowest BCUT2D eigenvalue weighted by Gasteiger charge is -2.19. The van der Waals surface area contributed by atoms with Crippen LogP contribution in [0.4, 0.5) is 5.82 Å². The van der Waals surface area contributed by atoms with Gasteiger partial charge in [-0.1, -0.05) is 13.8 Å². The predicted octanol–water partition coefficient (Wildman–Crippen LogP) is 2.16. The fourth-order valence-corrected chi connectivity index (χ4v) is 1.62. The number of pyridine rings is 1. The second-order valence-electron chi connectivity index (χ2n) is 4.22. The maximum atomic E-state index is 10.8. The smallest absolute Gasteiger partial charge is 0.337 e. The number of carboxylic acid groups (broad SMARTS) is 1. The summed E-state index contributed by atoms with van der Waals surface area (Å²) in [5.74, 6) is -0.312. The highest BCUT2D eigenvalue weighted by molar-refractivity contribution is 5.99. The van der Waals surface area contributed by atoms with E-state index in [2.05, 4.69) is 9.98 Å². The van der Waals surface area contributed by atoms with E-state index in [4.69, 9.17) is 5.11 Å². The molecule has 1 aliphatic rings. The Balaban J connectivity index is 2.60. The van der Waals surface area contributed by atoms with Crippen molar-refractivity contribution in [2.24, 2.45) is 4.99 Å². The van der Waals surface area contributed by atoms with Crippen LogP contribution < -0.4 is 0 Å². The summed E-state index contributed by atoms with van der Waals surface area (Å²) in [6, 6.07) is 1.66. The van der Waals surface area contributed by atoms with Crippen LogP contribution in [0.25, 0.3) is 0 Å². The quantitative estimate of drug-likeness (QED) is 0.762. The number of aromatic nitrogens is 1. The van der Waals surface area contributed by atoms with Crippen LogP contribution in [-0.4, -0.2) is 21.8 Å². The monoisotopic (exact) mass is 204 g/mol. The van der Waals surface area contributed by atoms with Gasteiger partial charge in [-0.25, -0.2) is 14.8 Å². The number of hydrogen-bond donors (Lipinski definition) is 1. The van der Waals surface area contributed by atoms with Crippen LogP contribution in [-0.2, 0) is 5.41 Å². The summed E-state index contributed by atoms with van der Waals surface area (Å²) in [6.07, 6.45) is 1.35. The lowest BCUT2D eigenvalue weighted by atomic mass is 9.82.